The van der Waals surface area contributed by atoms with Crippen LogP contribution in [0.15, 0.2) is 66.9 Å². The SMILES string of the molecule is CN(CCCNCc1cn(CCC#N)nc1-c1ccccc1)c1ccccc1. The standard InChI is InChI=1S/C23H27N5/c1-27(22-12-6-3-7-13-22)16-9-15-25-18-21-19-28(17-8-14-24)26-23(21)20-10-4-2-5-11-20/h2-7,10-13,19,25H,8-9,15-18H2,1H3. The molecular weight excluding hydrogens is 346 g/mol. The molecule has 3 aromatic rings. The summed E-state index contributed by atoms with van der Waals surface area (Å²) in [7, 11) is 2.13. The molecule has 5 heteroatoms. The molecule has 0 saturated heterocycles. The zero-order valence-electron chi connectivity index (χ0n) is 16.4. The fraction of sp³-hybridized carbons (Fsp3) is 0.304. The van der Waals surface area contributed by atoms with Gasteiger partial charge < -0.3 is 10.2 Å². The Bertz CT molecular complexity index is 880. The van der Waals surface area contributed by atoms with Crippen molar-refractivity contribution in [2.24, 2.45) is 0 Å². The molecule has 0 atom stereocenters. The zero-order chi connectivity index (χ0) is 19.6. The second-order valence-electron chi connectivity index (χ2n) is 6.83. The molecule has 0 aliphatic rings. The van der Waals surface area contributed by atoms with E-state index in [2.05, 4.69) is 65.9 Å². The number of rotatable bonds is 10. The lowest BCUT2D eigenvalue weighted by molar-refractivity contribution is 0.624. The highest BCUT2D eigenvalue weighted by molar-refractivity contribution is 5.62. The van der Waals surface area contributed by atoms with E-state index >= 15 is 0 Å². The number of hydrogen-bond donors (Lipinski definition) is 1. The van der Waals surface area contributed by atoms with E-state index in [1.807, 2.05) is 28.9 Å². The van der Waals surface area contributed by atoms with Crippen LogP contribution in [0, 0.1) is 11.3 Å². The molecule has 2 aromatic carbocycles. The summed E-state index contributed by atoms with van der Waals surface area (Å²) < 4.78 is 1.88. The first-order valence-electron chi connectivity index (χ1n) is 9.73. The van der Waals surface area contributed by atoms with Crippen LogP contribution in [0.1, 0.15) is 18.4 Å². The van der Waals surface area contributed by atoms with Gasteiger partial charge in [0.1, 0.15) is 0 Å². The van der Waals surface area contributed by atoms with Crippen molar-refractivity contribution < 1.29 is 0 Å². The number of hydrogen-bond acceptors (Lipinski definition) is 4. The quantitative estimate of drug-likeness (QED) is 0.544. The minimum Gasteiger partial charge on any atom is -0.375 e. The summed E-state index contributed by atoms with van der Waals surface area (Å²) in [5.74, 6) is 0. The second-order valence-corrected chi connectivity index (χ2v) is 6.83. The average Bonchev–Trinajstić information content (AvgIpc) is 3.16. The number of nitrogens with zero attached hydrogens (tertiary/aromatic N) is 4. The molecule has 5 nitrogen and oxygen atoms in total. The van der Waals surface area contributed by atoms with Crippen molar-refractivity contribution >= 4 is 5.69 Å². The molecule has 0 unspecified atom stereocenters. The summed E-state index contributed by atoms with van der Waals surface area (Å²) >= 11 is 0. The van der Waals surface area contributed by atoms with Gasteiger partial charge in [0.25, 0.3) is 0 Å². The Hall–Kier alpha value is -3.10. The molecule has 28 heavy (non-hydrogen) atoms. The first-order valence-corrected chi connectivity index (χ1v) is 9.73. The van der Waals surface area contributed by atoms with Gasteiger partial charge in [0.05, 0.1) is 24.7 Å². The van der Waals surface area contributed by atoms with Crippen LogP contribution in [0.5, 0.6) is 0 Å². The van der Waals surface area contributed by atoms with Crippen LogP contribution in [0.2, 0.25) is 0 Å². The maximum atomic E-state index is 8.84. The number of anilines is 1. The molecule has 1 heterocycles. The van der Waals surface area contributed by atoms with Gasteiger partial charge in [-0.1, -0.05) is 48.5 Å². The van der Waals surface area contributed by atoms with Crippen molar-refractivity contribution in [3.63, 3.8) is 0 Å². The van der Waals surface area contributed by atoms with Crippen molar-refractivity contribution in [1.82, 2.24) is 15.1 Å². The van der Waals surface area contributed by atoms with Crippen LogP contribution in [-0.4, -0.2) is 29.9 Å². The molecule has 0 bridgehead atoms. The first kappa shape index (κ1) is 19.7. The lowest BCUT2D eigenvalue weighted by Gasteiger charge is -2.19. The lowest BCUT2D eigenvalue weighted by Crippen LogP contribution is -2.23. The molecule has 3 rings (SSSR count). The van der Waals surface area contributed by atoms with E-state index < -0.39 is 0 Å². The third kappa shape index (κ3) is 5.45. The van der Waals surface area contributed by atoms with Gasteiger partial charge in [0, 0.05) is 43.1 Å². The molecule has 1 aromatic heterocycles. The molecule has 0 fully saturated rings. The van der Waals surface area contributed by atoms with Gasteiger partial charge in [-0.15, -0.1) is 0 Å². The third-order valence-corrected chi connectivity index (χ3v) is 4.70. The first-order chi connectivity index (χ1) is 13.8. The van der Waals surface area contributed by atoms with Gasteiger partial charge in [-0.2, -0.15) is 10.4 Å². The maximum absolute atomic E-state index is 8.84. The molecule has 1 N–H and O–H groups in total. The normalized spacial score (nSPS) is 10.6. The molecule has 0 aliphatic heterocycles. The Morgan fingerprint density at radius 3 is 2.50 bits per heavy atom. The van der Waals surface area contributed by atoms with E-state index in [0.29, 0.717) is 13.0 Å². The molecule has 0 radical (unpaired) electrons. The predicted molar refractivity (Wildman–Crippen MR) is 114 cm³/mol. The van der Waals surface area contributed by atoms with Gasteiger partial charge >= 0.3 is 0 Å². The summed E-state index contributed by atoms with van der Waals surface area (Å²) in [5.41, 5.74) is 4.51. The van der Waals surface area contributed by atoms with E-state index in [-0.39, 0.29) is 0 Å². The second kappa shape index (κ2) is 10.3. The minimum absolute atomic E-state index is 0.467. The van der Waals surface area contributed by atoms with E-state index in [1.54, 1.807) is 0 Å². The zero-order valence-corrected chi connectivity index (χ0v) is 16.4. The fourth-order valence-corrected chi connectivity index (χ4v) is 3.19. The number of benzene rings is 2. The Morgan fingerprint density at radius 2 is 1.79 bits per heavy atom. The topological polar surface area (TPSA) is 56.9 Å². The molecule has 0 spiro atoms. The highest BCUT2D eigenvalue weighted by Crippen LogP contribution is 2.22. The van der Waals surface area contributed by atoms with Crippen LogP contribution < -0.4 is 10.2 Å². The summed E-state index contributed by atoms with van der Waals surface area (Å²) in [6, 6.07) is 22.9. The number of aromatic nitrogens is 2. The molecule has 0 saturated carbocycles. The van der Waals surface area contributed by atoms with Crippen molar-refractivity contribution in [2.45, 2.75) is 25.9 Å². The van der Waals surface area contributed by atoms with E-state index in [9.17, 15) is 0 Å². The Morgan fingerprint density at radius 1 is 1.07 bits per heavy atom. The van der Waals surface area contributed by atoms with Gasteiger partial charge in [-0.25, -0.2) is 0 Å². The smallest absolute Gasteiger partial charge is 0.0968 e. The summed E-state index contributed by atoms with van der Waals surface area (Å²) in [6.07, 6.45) is 3.59. The molecule has 144 valence electrons. The summed E-state index contributed by atoms with van der Waals surface area (Å²) in [5, 5.41) is 17.1. The summed E-state index contributed by atoms with van der Waals surface area (Å²) in [4.78, 5) is 2.27. The van der Waals surface area contributed by atoms with E-state index in [1.165, 1.54) is 11.3 Å². The van der Waals surface area contributed by atoms with Crippen LogP contribution >= 0.6 is 0 Å². The number of nitrogens with one attached hydrogen (secondary N) is 1. The monoisotopic (exact) mass is 373 g/mol. The highest BCUT2D eigenvalue weighted by Gasteiger charge is 2.11. The van der Waals surface area contributed by atoms with Crippen LogP contribution in [-0.2, 0) is 13.1 Å². The average molecular weight is 374 g/mol. The summed E-state index contributed by atoms with van der Waals surface area (Å²) in [6.45, 7) is 3.34. The predicted octanol–water partition coefficient (Wildman–Crippen LogP) is 4.08. The van der Waals surface area contributed by atoms with Crippen molar-refractivity contribution in [3.8, 4) is 17.3 Å². The van der Waals surface area contributed by atoms with Gasteiger partial charge in [-0.3, -0.25) is 4.68 Å². The fourth-order valence-electron chi connectivity index (χ4n) is 3.19. The molecule has 0 amide bonds. The number of para-hydroxylation sites is 1. The third-order valence-electron chi connectivity index (χ3n) is 4.70. The van der Waals surface area contributed by atoms with Crippen LogP contribution in [0.25, 0.3) is 11.3 Å². The number of nitriles is 1. The number of aryl methyl sites for hydroxylation is 1. The Balaban J connectivity index is 1.54. The van der Waals surface area contributed by atoms with Crippen LogP contribution in [0.3, 0.4) is 0 Å². The Kier molecular flexibility index (Phi) is 7.22. The Labute approximate surface area is 167 Å². The van der Waals surface area contributed by atoms with Crippen molar-refractivity contribution in [2.75, 3.05) is 25.0 Å². The molecular formula is C23H27N5. The van der Waals surface area contributed by atoms with E-state index in [0.717, 1.165) is 37.3 Å². The maximum Gasteiger partial charge on any atom is 0.0968 e. The largest absolute Gasteiger partial charge is 0.375 e. The van der Waals surface area contributed by atoms with E-state index in [4.69, 9.17) is 10.4 Å². The van der Waals surface area contributed by atoms with Gasteiger partial charge in [0.15, 0.2) is 0 Å². The molecule has 0 aliphatic carbocycles. The van der Waals surface area contributed by atoms with Crippen LogP contribution in [0.4, 0.5) is 5.69 Å². The van der Waals surface area contributed by atoms with Gasteiger partial charge in [0.2, 0.25) is 0 Å². The highest BCUT2D eigenvalue weighted by atomic mass is 15.3. The van der Waals surface area contributed by atoms with Gasteiger partial charge in [-0.05, 0) is 25.1 Å². The van der Waals surface area contributed by atoms with Crippen molar-refractivity contribution in [1.29, 1.82) is 5.26 Å². The van der Waals surface area contributed by atoms with Crippen molar-refractivity contribution in [3.05, 3.63) is 72.4 Å². The lowest BCUT2D eigenvalue weighted by atomic mass is 10.1. The minimum atomic E-state index is 0.467.